The zero-order valence-corrected chi connectivity index (χ0v) is 44.0. The number of fused-ring (bicyclic) bond motifs is 2. The Labute approximate surface area is 403 Å². The minimum Gasteiger partial charge on any atom is -0.496 e. The van der Waals surface area contributed by atoms with Crippen molar-refractivity contribution < 1.29 is 28.4 Å². The topological polar surface area (TPSA) is 55.4 Å². The van der Waals surface area contributed by atoms with Crippen LogP contribution < -0.4 is 18.9 Å². The standard InChI is InChI=1S/C54H70O6S4/c1-51(2,3)41-25-33-21-37-29-43(53(7,8)9)31-39-23-35-27-42(52(4,5)6)28-36(46(35)56-14)24-40-32-44(54(10,11)12)30-38(22-34(26-41)45(33)55-13)48(40)58-16-18-60-50(62)64-20-19-63-49(61)59-17-15-57-47(37)39/h25-32H,15-24H2,1-14H3. The largest absolute Gasteiger partial charge is 0.496 e. The second-order valence-corrected chi connectivity index (χ2v) is 24.6. The average molecular weight is 943 g/mol. The third kappa shape index (κ3) is 12.3. The van der Waals surface area contributed by atoms with Crippen LogP contribution in [0.4, 0.5) is 0 Å². The van der Waals surface area contributed by atoms with Gasteiger partial charge in [0.05, 0.1) is 14.2 Å². The zero-order chi connectivity index (χ0) is 46.8. The van der Waals surface area contributed by atoms with Crippen LogP contribution >= 0.6 is 48.0 Å². The lowest BCUT2D eigenvalue weighted by atomic mass is 9.79. The third-order valence-electron chi connectivity index (χ3n) is 12.0. The molecule has 2 aliphatic rings. The maximum Gasteiger partial charge on any atom is 0.220 e. The van der Waals surface area contributed by atoms with E-state index < -0.39 is 0 Å². The van der Waals surface area contributed by atoms with E-state index in [1.807, 2.05) is 0 Å². The van der Waals surface area contributed by atoms with E-state index in [1.54, 1.807) is 14.2 Å². The molecule has 6 rings (SSSR count). The van der Waals surface area contributed by atoms with Crippen LogP contribution in [0.3, 0.4) is 0 Å². The highest BCUT2D eigenvalue weighted by atomic mass is 32.2. The second-order valence-electron chi connectivity index (χ2n) is 21.2. The minimum atomic E-state index is -0.140. The number of hydrogen-bond acceptors (Lipinski definition) is 10. The van der Waals surface area contributed by atoms with Gasteiger partial charge in [-0.05, 0) is 113 Å². The maximum absolute atomic E-state index is 6.98. The van der Waals surface area contributed by atoms with Gasteiger partial charge in [-0.3, -0.25) is 0 Å². The fourth-order valence-electron chi connectivity index (χ4n) is 8.39. The number of thiocarbonyl (C=S) groups is 2. The molecule has 10 heteroatoms. The van der Waals surface area contributed by atoms with Crippen molar-refractivity contribution in [3.05, 3.63) is 115 Å². The molecule has 1 aliphatic carbocycles. The molecule has 0 spiro atoms. The summed E-state index contributed by atoms with van der Waals surface area (Å²) < 4.78 is 40.2. The van der Waals surface area contributed by atoms with Crippen LogP contribution in [-0.2, 0) is 56.8 Å². The fraction of sp³-hybridized carbons (Fsp3) is 0.519. The number of ether oxygens (including phenoxy) is 6. The summed E-state index contributed by atoms with van der Waals surface area (Å²) in [4.78, 5) is 0. The molecule has 1 aliphatic heterocycles. The third-order valence-corrected chi connectivity index (χ3v) is 14.7. The predicted molar refractivity (Wildman–Crippen MR) is 278 cm³/mol. The molecule has 0 saturated heterocycles. The lowest BCUT2D eigenvalue weighted by molar-refractivity contribution is 0.214. The summed E-state index contributed by atoms with van der Waals surface area (Å²) in [5.74, 6) is 4.95. The van der Waals surface area contributed by atoms with Gasteiger partial charge in [0.1, 0.15) is 49.4 Å². The van der Waals surface area contributed by atoms with Crippen molar-refractivity contribution >= 4 is 56.7 Å². The normalized spacial score (nSPS) is 16.1. The number of benzene rings is 4. The van der Waals surface area contributed by atoms with Crippen LogP contribution in [0.2, 0.25) is 0 Å². The molecule has 6 nitrogen and oxygen atoms in total. The van der Waals surface area contributed by atoms with Gasteiger partial charge in [0, 0.05) is 37.2 Å². The Morgan fingerprint density at radius 3 is 0.859 bits per heavy atom. The first-order valence-corrected chi connectivity index (χ1v) is 25.3. The highest BCUT2D eigenvalue weighted by Crippen LogP contribution is 2.44. The highest BCUT2D eigenvalue weighted by Gasteiger charge is 2.29. The highest BCUT2D eigenvalue weighted by molar-refractivity contribution is 8.25. The summed E-state index contributed by atoms with van der Waals surface area (Å²) in [6.45, 7) is 28.7. The SMILES string of the molecule is COc1c2cc(C(C)(C)C)cc1Cc1cc(C(C)(C)C)cc3c1OCCOC(=S)SCCSC(=S)OCCOc1c(cc(C(C)(C)C)cc1Cc1cc(C(C)(C)C)cc(c1OC)C3)C2. The molecule has 0 aromatic heterocycles. The minimum absolute atomic E-state index is 0.138. The first-order valence-electron chi connectivity index (χ1n) is 22.5. The van der Waals surface area contributed by atoms with Gasteiger partial charge in [-0.15, -0.1) is 0 Å². The van der Waals surface area contributed by atoms with E-state index in [9.17, 15) is 0 Å². The van der Waals surface area contributed by atoms with Crippen LogP contribution in [0.15, 0.2) is 48.5 Å². The van der Waals surface area contributed by atoms with E-state index in [-0.39, 0.29) is 21.7 Å². The second kappa shape index (κ2) is 20.2. The van der Waals surface area contributed by atoms with Crippen LogP contribution in [0.5, 0.6) is 23.0 Å². The van der Waals surface area contributed by atoms with Gasteiger partial charge in [-0.1, -0.05) is 155 Å². The summed E-state index contributed by atoms with van der Waals surface area (Å²) >= 11 is 14.3. The Balaban J connectivity index is 1.74. The monoisotopic (exact) mass is 942 g/mol. The number of hydrogen-bond donors (Lipinski definition) is 0. The van der Waals surface area contributed by atoms with Crippen molar-refractivity contribution in [2.75, 3.05) is 52.2 Å². The fourth-order valence-corrected chi connectivity index (χ4v) is 10.4. The van der Waals surface area contributed by atoms with Gasteiger partial charge in [-0.2, -0.15) is 0 Å². The summed E-state index contributed by atoms with van der Waals surface area (Å²) in [6.07, 6.45) is 2.38. The molecule has 0 radical (unpaired) electrons. The van der Waals surface area contributed by atoms with Crippen LogP contribution in [0, 0.1) is 0 Å². The van der Waals surface area contributed by atoms with Gasteiger partial charge in [-0.25, -0.2) is 0 Å². The smallest absolute Gasteiger partial charge is 0.220 e. The molecule has 0 unspecified atom stereocenters. The average Bonchev–Trinajstić information content (AvgIpc) is 3.18. The molecule has 1 heterocycles. The number of thioether (sulfide) groups is 2. The van der Waals surface area contributed by atoms with Gasteiger partial charge in [0.2, 0.25) is 8.77 Å². The Morgan fingerprint density at radius 1 is 0.391 bits per heavy atom. The summed E-state index contributed by atoms with van der Waals surface area (Å²) in [7, 11) is 3.60. The van der Waals surface area contributed by atoms with E-state index in [4.69, 9.17) is 52.9 Å². The molecule has 10 bridgehead atoms. The maximum atomic E-state index is 6.98. The molecule has 0 saturated carbocycles. The molecule has 4 aromatic rings. The Bertz CT molecular complexity index is 2090. The van der Waals surface area contributed by atoms with Gasteiger partial charge < -0.3 is 28.4 Å². The quantitative estimate of drug-likeness (QED) is 0.160. The van der Waals surface area contributed by atoms with E-state index in [0.29, 0.717) is 60.9 Å². The summed E-state index contributed by atoms with van der Waals surface area (Å²) in [6, 6.07) is 18.7. The van der Waals surface area contributed by atoms with Gasteiger partial charge in [0.25, 0.3) is 0 Å². The van der Waals surface area contributed by atoms with Crippen molar-refractivity contribution in [3.63, 3.8) is 0 Å². The van der Waals surface area contributed by atoms with Crippen molar-refractivity contribution in [1.82, 2.24) is 0 Å². The van der Waals surface area contributed by atoms with Crippen molar-refractivity contribution in [2.45, 2.75) is 130 Å². The Kier molecular flexibility index (Phi) is 15.8. The number of rotatable bonds is 2. The van der Waals surface area contributed by atoms with Crippen molar-refractivity contribution in [1.29, 1.82) is 0 Å². The Morgan fingerprint density at radius 2 is 0.625 bits per heavy atom. The summed E-state index contributed by atoms with van der Waals surface area (Å²) in [5.41, 5.74) is 13.2. The molecule has 4 aromatic carbocycles. The van der Waals surface area contributed by atoms with Crippen molar-refractivity contribution in [2.24, 2.45) is 0 Å². The lowest BCUT2D eigenvalue weighted by Crippen LogP contribution is -2.18. The lowest BCUT2D eigenvalue weighted by Gasteiger charge is -2.29. The van der Waals surface area contributed by atoms with Crippen LogP contribution in [0.25, 0.3) is 0 Å². The molecule has 0 N–H and O–H groups in total. The Hall–Kier alpha value is -3.44. The molecule has 0 amide bonds. The first-order chi connectivity index (χ1) is 30.0. The van der Waals surface area contributed by atoms with E-state index in [0.717, 1.165) is 79.0 Å². The zero-order valence-electron chi connectivity index (χ0n) is 40.8. The molecule has 0 atom stereocenters. The molecule has 0 fully saturated rings. The molecule has 64 heavy (non-hydrogen) atoms. The molecular weight excluding hydrogens is 873 g/mol. The van der Waals surface area contributed by atoms with E-state index in [2.05, 4.69) is 132 Å². The summed E-state index contributed by atoms with van der Waals surface area (Å²) in [5, 5.41) is 0. The molecule has 346 valence electrons. The van der Waals surface area contributed by atoms with Gasteiger partial charge >= 0.3 is 0 Å². The van der Waals surface area contributed by atoms with E-state index >= 15 is 0 Å². The van der Waals surface area contributed by atoms with Gasteiger partial charge in [0.15, 0.2) is 0 Å². The van der Waals surface area contributed by atoms with E-state index in [1.165, 1.54) is 45.8 Å². The van der Waals surface area contributed by atoms with Crippen LogP contribution in [-0.4, -0.2) is 60.9 Å². The predicted octanol–water partition coefficient (Wildman–Crippen LogP) is 13.4. The van der Waals surface area contributed by atoms with Crippen molar-refractivity contribution in [3.8, 4) is 23.0 Å². The molecular formula is C54H70O6S4. The number of methoxy groups -OCH3 is 2. The first kappa shape index (κ1) is 50.0. The van der Waals surface area contributed by atoms with Crippen LogP contribution in [0.1, 0.15) is 150 Å².